The monoisotopic (exact) mass is 555 g/mol. The molecule has 0 spiro atoms. The first-order valence-corrected chi connectivity index (χ1v) is 11.9. The molecule has 1 atom stereocenters. The number of nitrogens with zero attached hydrogens (tertiary/aromatic N) is 6. The van der Waals surface area contributed by atoms with E-state index in [0.29, 0.717) is 43.7 Å². The van der Waals surface area contributed by atoms with E-state index in [-0.39, 0.29) is 11.5 Å². The molecule has 1 amide bonds. The number of methoxy groups -OCH3 is 1. The molecule has 39 heavy (non-hydrogen) atoms. The molecule has 0 radical (unpaired) electrons. The molecule has 4 aromatic rings. The highest BCUT2D eigenvalue weighted by molar-refractivity contribution is 6.33. The van der Waals surface area contributed by atoms with Crippen molar-refractivity contribution in [3.05, 3.63) is 83.3 Å². The van der Waals surface area contributed by atoms with E-state index in [9.17, 15) is 18.7 Å². The van der Waals surface area contributed by atoms with Crippen LogP contribution in [0.1, 0.15) is 28.5 Å². The highest BCUT2D eigenvalue weighted by atomic mass is 35.5. The van der Waals surface area contributed by atoms with E-state index in [1.165, 1.54) is 49.8 Å². The molecule has 0 bridgehead atoms. The molecule has 2 aromatic carbocycles. The summed E-state index contributed by atoms with van der Waals surface area (Å²) >= 11 is 6.43. The molecule has 0 aliphatic rings. The zero-order valence-electron chi connectivity index (χ0n) is 20.9. The van der Waals surface area contributed by atoms with Crippen LogP contribution < -0.4 is 10.5 Å². The van der Waals surface area contributed by atoms with Crippen LogP contribution in [0.5, 0.6) is 5.88 Å². The highest BCUT2D eigenvalue weighted by Crippen LogP contribution is 2.32. The summed E-state index contributed by atoms with van der Waals surface area (Å²) in [4.78, 5) is 27.3. The normalized spacial score (nSPS) is 12.4. The van der Waals surface area contributed by atoms with Crippen molar-refractivity contribution in [1.82, 2.24) is 24.6 Å². The molecule has 202 valence electrons. The Morgan fingerprint density at radius 3 is 2.56 bits per heavy atom. The van der Waals surface area contributed by atoms with Gasteiger partial charge >= 0.3 is 6.55 Å². The van der Waals surface area contributed by atoms with E-state index in [4.69, 9.17) is 22.1 Å². The third-order valence-corrected chi connectivity index (χ3v) is 6.23. The Balaban J connectivity index is 1.68. The number of halogens is 3. The van der Waals surface area contributed by atoms with Crippen molar-refractivity contribution in [1.29, 1.82) is 0 Å². The van der Waals surface area contributed by atoms with Gasteiger partial charge in [-0.3, -0.25) is 14.7 Å². The van der Waals surface area contributed by atoms with Crippen LogP contribution in [0.4, 0.5) is 8.78 Å². The van der Waals surface area contributed by atoms with Crippen molar-refractivity contribution in [2.24, 2.45) is 10.7 Å². The Hall–Kier alpha value is -4.42. The molecule has 0 aliphatic carbocycles. The van der Waals surface area contributed by atoms with Gasteiger partial charge in [0.25, 0.3) is 5.91 Å². The Kier molecular flexibility index (Phi) is 8.47. The molecule has 0 saturated carbocycles. The molecule has 4 rings (SSSR count). The first-order valence-electron chi connectivity index (χ1n) is 11.5. The fourth-order valence-corrected chi connectivity index (χ4v) is 4.10. The van der Waals surface area contributed by atoms with Gasteiger partial charge in [0.15, 0.2) is 11.8 Å². The van der Waals surface area contributed by atoms with Gasteiger partial charge in [-0.1, -0.05) is 29.8 Å². The number of aliphatic imine (C=N–C) groups is 1. The maximum atomic E-state index is 13.6. The lowest BCUT2D eigenvalue weighted by atomic mass is 10.0. The van der Waals surface area contributed by atoms with Crippen LogP contribution in [0.2, 0.25) is 5.02 Å². The molecule has 3 N–H and O–H groups in total. The standard InChI is InChI=1S/C26H24ClF2N7O3/c1-31-26(30)36(24(38)16-5-3-15(4-6-16)18-12-33-35(13-18)25(28)29)21(14-37)17-7-8-20(27)19(11-17)23-32-10-9-22(34-23)39-2/h3-13,21,25,37H,14H2,1-2H3,(H2,30,31). The quantitative estimate of drug-likeness (QED) is 0.246. The van der Waals surface area contributed by atoms with Crippen LogP contribution in [-0.2, 0) is 0 Å². The fourth-order valence-electron chi connectivity index (χ4n) is 3.89. The Bertz CT molecular complexity index is 1500. The SMILES string of the molecule is CN=C(N)N(C(=O)c1ccc(-c2cnn(C(F)F)c2)cc1)C(CO)c1ccc(Cl)c(-c2nccc(OC)n2)c1. The number of benzene rings is 2. The van der Waals surface area contributed by atoms with Gasteiger partial charge < -0.3 is 15.6 Å². The summed E-state index contributed by atoms with van der Waals surface area (Å²) in [5.41, 5.74) is 8.37. The minimum atomic E-state index is -2.76. The van der Waals surface area contributed by atoms with Crippen LogP contribution >= 0.6 is 11.6 Å². The number of ether oxygens (including phenoxy) is 1. The Labute approximate surface area is 227 Å². The average molecular weight is 556 g/mol. The van der Waals surface area contributed by atoms with E-state index in [0.717, 1.165) is 0 Å². The van der Waals surface area contributed by atoms with E-state index in [1.807, 2.05) is 0 Å². The van der Waals surface area contributed by atoms with Crippen molar-refractivity contribution in [2.75, 3.05) is 20.8 Å². The molecule has 0 saturated heterocycles. The average Bonchev–Trinajstić information content (AvgIpc) is 3.47. The first-order chi connectivity index (χ1) is 18.8. The maximum absolute atomic E-state index is 13.6. The summed E-state index contributed by atoms with van der Waals surface area (Å²) in [6.07, 6.45) is 4.04. The predicted octanol–water partition coefficient (Wildman–Crippen LogP) is 4.18. The van der Waals surface area contributed by atoms with Crippen molar-refractivity contribution < 1.29 is 23.4 Å². The molecular formula is C26H24ClF2N7O3. The molecule has 2 aromatic heterocycles. The molecule has 0 aliphatic heterocycles. The number of amides is 1. The largest absolute Gasteiger partial charge is 0.481 e. The van der Waals surface area contributed by atoms with E-state index in [1.54, 1.807) is 36.4 Å². The third-order valence-electron chi connectivity index (χ3n) is 5.90. The number of guanidine groups is 1. The highest BCUT2D eigenvalue weighted by Gasteiger charge is 2.29. The summed E-state index contributed by atoms with van der Waals surface area (Å²) in [5, 5.41) is 14.4. The zero-order chi connectivity index (χ0) is 28.1. The number of hydrogen-bond acceptors (Lipinski definition) is 7. The number of aliphatic hydroxyl groups excluding tert-OH is 1. The molecular weight excluding hydrogens is 532 g/mol. The second kappa shape index (κ2) is 12.0. The Morgan fingerprint density at radius 1 is 1.21 bits per heavy atom. The van der Waals surface area contributed by atoms with E-state index < -0.39 is 25.1 Å². The van der Waals surface area contributed by atoms with E-state index >= 15 is 0 Å². The number of aliphatic hydroxyl groups is 1. The lowest BCUT2D eigenvalue weighted by molar-refractivity contribution is 0.0566. The van der Waals surface area contributed by atoms with E-state index in [2.05, 4.69) is 20.1 Å². The van der Waals surface area contributed by atoms with Crippen LogP contribution in [0.15, 0.2) is 72.1 Å². The number of rotatable bonds is 8. The number of nitrogens with two attached hydrogens (primary N) is 1. The number of alkyl halides is 2. The third kappa shape index (κ3) is 5.86. The molecule has 1 unspecified atom stereocenters. The van der Waals surface area contributed by atoms with Crippen LogP contribution in [0, 0.1) is 0 Å². The smallest absolute Gasteiger partial charge is 0.333 e. The van der Waals surface area contributed by atoms with Gasteiger partial charge in [-0.2, -0.15) is 18.9 Å². The number of aromatic nitrogens is 4. The second-order valence-corrected chi connectivity index (χ2v) is 8.59. The summed E-state index contributed by atoms with van der Waals surface area (Å²) in [7, 11) is 2.90. The lowest BCUT2D eigenvalue weighted by Gasteiger charge is -2.30. The van der Waals surface area contributed by atoms with Crippen molar-refractivity contribution in [3.63, 3.8) is 0 Å². The molecule has 13 heteroatoms. The van der Waals surface area contributed by atoms with Crippen LogP contribution in [0.3, 0.4) is 0 Å². The van der Waals surface area contributed by atoms with Gasteiger partial charge in [0, 0.05) is 42.2 Å². The minimum absolute atomic E-state index is 0.129. The van der Waals surface area contributed by atoms with Gasteiger partial charge in [-0.25, -0.2) is 9.67 Å². The Morgan fingerprint density at radius 2 is 1.95 bits per heavy atom. The molecule has 2 heterocycles. The van der Waals surface area contributed by atoms with Crippen LogP contribution in [0.25, 0.3) is 22.5 Å². The van der Waals surface area contributed by atoms with Gasteiger partial charge in [0.2, 0.25) is 5.88 Å². The van der Waals surface area contributed by atoms with Crippen molar-refractivity contribution in [3.8, 4) is 28.4 Å². The van der Waals surface area contributed by atoms with Gasteiger partial charge in [0.05, 0.1) is 31.0 Å². The molecule has 10 nitrogen and oxygen atoms in total. The number of carbonyl (C=O) groups is 1. The van der Waals surface area contributed by atoms with Crippen molar-refractivity contribution in [2.45, 2.75) is 12.6 Å². The van der Waals surface area contributed by atoms with Gasteiger partial charge in [-0.05, 0) is 35.4 Å². The zero-order valence-corrected chi connectivity index (χ0v) is 21.6. The number of carbonyl (C=O) groups excluding carboxylic acids is 1. The summed E-state index contributed by atoms with van der Waals surface area (Å²) in [5.74, 6) is -0.0421. The summed E-state index contributed by atoms with van der Waals surface area (Å²) < 4.78 is 31.5. The predicted molar refractivity (Wildman–Crippen MR) is 141 cm³/mol. The van der Waals surface area contributed by atoms with Crippen molar-refractivity contribution >= 4 is 23.5 Å². The lowest BCUT2D eigenvalue weighted by Crippen LogP contribution is -2.45. The summed E-state index contributed by atoms with van der Waals surface area (Å²) in [6.45, 7) is -3.25. The van der Waals surface area contributed by atoms with Gasteiger partial charge in [-0.15, -0.1) is 0 Å². The molecule has 0 fully saturated rings. The first kappa shape index (κ1) is 27.6. The minimum Gasteiger partial charge on any atom is -0.481 e. The van der Waals surface area contributed by atoms with Crippen LogP contribution in [-0.4, -0.2) is 62.4 Å². The maximum Gasteiger partial charge on any atom is 0.333 e. The summed E-state index contributed by atoms with van der Waals surface area (Å²) in [6, 6.07) is 11.8. The number of hydrogen-bond donors (Lipinski definition) is 2. The topological polar surface area (TPSA) is 132 Å². The fraction of sp³-hybridized carbons (Fsp3) is 0.192. The van der Waals surface area contributed by atoms with Gasteiger partial charge in [0.1, 0.15) is 0 Å². The second-order valence-electron chi connectivity index (χ2n) is 8.18.